The lowest BCUT2D eigenvalue weighted by molar-refractivity contribution is -0.130. The first-order valence-corrected chi connectivity index (χ1v) is 8.47. The number of aromatic nitrogens is 2. The van der Waals surface area contributed by atoms with Gasteiger partial charge in [0.05, 0.1) is 13.4 Å². The predicted molar refractivity (Wildman–Crippen MR) is 84.3 cm³/mol. The molecular weight excluding hydrogens is 336 g/mol. The number of carbonyl (C=O) groups is 1. The Bertz CT molecular complexity index is 892. The molecule has 0 saturated heterocycles. The third kappa shape index (κ3) is 4.07. The summed E-state index contributed by atoms with van der Waals surface area (Å²) in [6.07, 6.45) is 3.14. The van der Waals surface area contributed by atoms with Gasteiger partial charge in [0.25, 0.3) is 0 Å². The van der Waals surface area contributed by atoms with Crippen molar-refractivity contribution >= 4 is 21.4 Å². The van der Waals surface area contributed by atoms with Gasteiger partial charge in [-0.3, -0.25) is 0 Å². The van der Waals surface area contributed by atoms with Crippen molar-refractivity contribution in [2.24, 2.45) is 0 Å². The number of methoxy groups -OCH3 is 1. The summed E-state index contributed by atoms with van der Waals surface area (Å²) in [4.78, 5) is 18.9. The Morgan fingerprint density at radius 1 is 1.25 bits per heavy atom. The summed E-state index contributed by atoms with van der Waals surface area (Å²) in [6, 6.07) is 7.50. The van der Waals surface area contributed by atoms with Gasteiger partial charge in [-0.2, -0.15) is 0 Å². The Balaban J connectivity index is 2.45. The lowest BCUT2D eigenvalue weighted by atomic mass is 10.1. The number of benzene rings is 1. The summed E-state index contributed by atoms with van der Waals surface area (Å²) in [5, 5.41) is 9.09. The smallest absolute Gasteiger partial charge is 0.339 e. The van der Waals surface area contributed by atoms with E-state index in [0.29, 0.717) is 0 Å². The van der Waals surface area contributed by atoms with Gasteiger partial charge in [0, 0.05) is 17.9 Å². The molecule has 1 N–H and O–H groups in total. The summed E-state index contributed by atoms with van der Waals surface area (Å²) in [6.45, 7) is 0. The van der Waals surface area contributed by atoms with Crippen LogP contribution < -0.4 is 4.74 Å². The number of nitrogens with zero attached hydrogens (tertiary/aromatic N) is 2. The van der Waals surface area contributed by atoms with Crippen LogP contribution in [0.3, 0.4) is 0 Å². The minimum Gasteiger partial charge on any atom is -0.503 e. The van der Waals surface area contributed by atoms with Gasteiger partial charge in [-0.1, -0.05) is 18.2 Å². The van der Waals surface area contributed by atoms with E-state index in [-0.39, 0.29) is 27.8 Å². The van der Waals surface area contributed by atoms with Crippen LogP contribution in [0.15, 0.2) is 47.9 Å². The summed E-state index contributed by atoms with van der Waals surface area (Å²) < 4.78 is 33.4. The summed E-state index contributed by atoms with van der Waals surface area (Å²) in [5.74, 6) is -1.05. The van der Waals surface area contributed by atoms with Crippen LogP contribution in [0.1, 0.15) is 5.56 Å². The van der Waals surface area contributed by atoms with Gasteiger partial charge in [-0.05, 0) is 6.07 Å². The molecule has 2 rings (SSSR count). The number of sulfone groups is 1. The zero-order chi connectivity index (χ0) is 17.7. The van der Waals surface area contributed by atoms with Crippen molar-refractivity contribution in [1.82, 2.24) is 9.97 Å². The third-order valence-electron chi connectivity index (χ3n) is 2.85. The highest BCUT2D eigenvalue weighted by atomic mass is 32.2. The van der Waals surface area contributed by atoms with Crippen LogP contribution in [0.25, 0.3) is 5.57 Å². The van der Waals surface area contributed by atoms with Gasteiger partial charge < -0.3 is 14.6 Å². The van der Waals surface area contributed by atoms with Crippen molar-refractivity contribution in [3.63, 3.8) is 0 Å². The second-order valence-electron chi connectivity index (χ2n) is 4.64. The van der Waals surface area contributed by atoms with E-state index in [9.17, 15) is 18.3 Å². The molecule has 0 unspecified atom stereocenters. The first kappa shape index (κ1) is 17.4. The Morgan fingerprint density at radius 2 is 1.96 bits per heavy atom. The van der Waals surface area contributed by atoms with Crippen LogP contribution in [0.2, 0.25) is 0 Å². The number of hydrogen-bond acceptors (Lipinski definition) is 7. The second-order valence-corrected chi connectivity index (χ2v) is 6.60. The Labute approximate surface area is 138 Å². The van der Waals surface area contributed by atoms with Crippen LogP contribution in [-0.2, 0) is 19.4 Å². The molecule has 2 aromatic rings. The number of aliphatic carboxylic acids is 1. The summed E-state index contributed by atoms with van der Waals surface area (Å²) in [7, 11) is -2.19. The van der Waals surface area contributed by atoms with Gasteiger partial charge in [0.2, 0.25) is 5.88 Å². The molecule has 1 heterocycles. The zero-order valence-electron chi connectivity index (χ0n) is 12.8. The fraction of sp³-hybridized carbons (Fsp3) is 0.133. The van der Waals surface area contributed by atoms with Crippen molar-refractivity contribution in [2.75, 3.05) is 13.4 Å². The summed E-state index contributed by atoms with van der Waals surface area (Å²) >= 11 is 0. The number of para-hydroxylation sites is 1. The largest absolute Gasteiger partial charge is 0.503 e. The molecule has 0 aliphatic heterocycles. The minimum atomic E-state index is -3.52. The van der Waals surface area contributed by atoms with Crippen LogP contribution >= 0.6 is 0 Å². The van der Waals surface area contributed by atoms with Crippen molar-refractivity contribution < 1.29 is 27.8 Å². The number of hydrogen-bond donors (Lipinski definition) is 1. The average molecular weight is 350 g/mol. The van der Waals surface area contributed by atoms with Gasteiger partial charge in [0.1, 0.15) is 17.6 Å². The normalized spacial score (nSPS) is 11.8. The highest BCUT2D eigenvalue weighted by Crippen LogP contribution is 2.30. The number of carboxylic acid groups (broad SMARTS) is 1. The van der Waals surface area contributed by atoms with Crippen LogP contribution in [-0.4, -0.2) is 42.8 Å². The molecular formula is C15H14N2O6S. The minimum absolute atomic E-state index is 0.0277. The fourth-order valence-corrected chi connectivity index (χ4v) is 2.37. The van der Waals surface area contributed by atoms with E-state index in [1.54, 1.807) is 12.1 Å². The van der Waals surface area contributed by atoms with E-state index in [1.807, 2.05) is 0 Å². The number of rotatable bonds is 6. The van der Waals surface area contributed by atoms with Gasteiger partial charge in [0.15, 0.2) is 14.9 Å². The Morgan fingerprint density at radius 3 is 2.58 bits per heavy atom. The van der Waals surface area contributed by atoms with Crippen LogP contribution in [0, 0.1) is 0 Å². The van der Waals surface area contributed by atoms with Crippen LogP contribution in [0.5, 0.6) is 11.6 Å². The topological polar surface area (TPSA) is 116 Å². The molecule has 126 valence electrons. The van der Waals surface area contributed by atoms with Crippen molar-refractivity contribution in [3.8, 4) is 11.6 Å². The maximum Gasteiger partial charge on any atom is 0.339 e. The molecule has 0 aliphatic rings. The molecule has 0 amide bonds. The van der Waals surface area contributed by atoms with Crippen molar-refractivity contribution in [1.29, 1.82) is 0 Å². The van der Waals surface area contributed by atoms with Crippen molar-refractivity contribution in [2.45, 2.75) is 5.03 Å². The van der Waals surface area contributed by atoms with Crippen LogP contribution in [0.4, 0.5) is 0 Å². The maximum atomic E-state index is 11.5. The molecule has 0 atom stereocenters. The Hall–Kier alpha value is -2.94. The molecule has 24 heavy (non-hydrogen) atoms. The van der Waals surface area contributed by atoms with Gasteiger partial charge in [-0.15, -0.1) is 0 Å². The molecule has 0 saturated carbocycles. The molecule has 0 bridgehead atoms. The summed E-state index contributed by atoms with van der Waals surface area (Å²) in [5.41, 5.74) is 0.136. The molecule has 0 aliphatic carbocycles. The van der Waals surface area contributed by atoms with Gasteiger partial charge >= 0.3 is 5.97 Å². The quantitative estimate of drug-likeness (QED) is 0.476. The molecule has 8 nitrogen and oxygen atoms in total. The second kappa shape index (κ2) is 7.09. The SMILES string of the molecule is CO/C=C(\C(=O)O)c1ccccc1Oc1cc(S(C)(=O)=O)ncn1. The monoisotopic (exact) mass is 350 g/mol. The lowest BCUT2D eigenvalue weighted by Gasteiger charge is -2.11. The van der Waals surface area contributed by atoms with E-state index in [2.05, 4.69) is 9.97 Å². The third-order valence-corrected chi connectivity index (χ3v) is 3.84. The van der Waals surface area contributed by atoms with E-state index in [1.165, 1.54) is 19.2 Å². The molecule has 0 spiro atoms. The molecule has 9 heteroatoms. The molecule has 0 fully saturated rings. The highest BCUT2D eigenvalue weighted by molar-refractivity contribution is 7.90. The molecule has 1 aromatic heterocycles. The zero-order valence-corrected chi connectivity index (χ0v) is 13.6. The Kier molecular flexibility index (Phi) is 5.14. The van der Waals surface area contributed by atoms with Crippen molar-refractivity contribution in [3.05, 3.63) is 48.5 Å². The first-order chi connectivity index (χ1) is 11.3. The highest BCUT2D eigenvalue weighted by Gasteiger charge is 2.17. The van der Waals surface area contributed by atoms with E-state index < -0.39 is 15.8 Å². The average Bonchev–Trinajstić information content (AvgIpc) is 2.53. The predicted octanol–water partition coefficient (Wildman–Crippen LogP) is 1.74. The molecule has 0 radical (unpaired) electrons. The number of carboxylic acids is 1. The maximum absolute atomic E-state index is 11.5. The fourth-order valence-electron chi connectivity index (χ4n) is 1.82. The van der Waals surface area contributed by atoms with E-state index >= 15 is 0 Å². The molecule has 1 aromatic carbocycles. The van der Waals surface area contributed by atoms with Gasteiger partial charge in [-0.25, -0.2) is 23.2 Å². The standard InChI is InChI=1S/C15H14N2O6S/c1-22-8-11(15(18)19)10-5-3-4-6-12(10)23-13-7-14(17-9-16-13)24(2,20)21/h3-9H,1-2H3,(H,18,19)/b11-8-. The lowest BCUT2D eigenvalue weighted by Crippen LogP contribution is -2.04. The van der Waals surface area contributed by atoms with E-state index in [0.717, 1.165) is 24.9 Å². The number of ether oxygens (including phenoxy) is 2. The van der Waals surface area contributed by atoms with E-state index in [4.69, 9.17) is 9.47 Å². The first-order valence-electron chi connectivity index (χ1n) is 6.58.